The van der Waals surface area contributed by atoms with Gasteiger partial charge in [0.15, 0.2) is 12.6 Å². The maximum atomic E-state index is 9.46. The molecular formula is C18H22O4S. The lowest BCUT2D eigenvalue weighted by Crippen LogP contribution is -2.13. The van der Waals surface area contributed by atoms with Crippen LogP contribution in [0.2, 0.25) is 0 Å². The predicted molar refractivity (Wildman–Crippen MR) is 90.9 cm³/mol. The molecule has 0 amide bonds. The number of aliphatic hydroxyl groups excluding tert-OH is 2. The van der Waals surface area contributed by atoms with Crippen LogP contribution in [0.25, 0.3) is 0 Å². The first-order valence-corrected chi connectivity index (χ1v) is 8.49. The molecule has 2 N–H and O–H groups in total. The largest absolute Gasteiger partial charge is 0.465 e. The Hall–Kier alpha value is -1.69. The van der Waals surface area contributed by atoms with Crippen molar-refractivity contribution in [3.8, 4) is 11.5 Å². The molecule has 2 aromatic rings. The van der Waals surface area contributed by atoms with E-state index in [1.54, 1.807) is 11.8 Å². The molecule has 2 unspecified atom stereocenters. The van der Waals surface area contributed by atoms with Crippen molar-refractivity contribution in [2.45, 2.75) is 49.1 Å². The van der Waals surface area contributed by atoms with Gasteiger partial charge in [-0.15, -0.1) is 0 Å². The van der Waals surface area contributed by atoms with Gasteiger partial charge in [0.2, 0.25) is 0 Å². The van der Waals surface area contributed by atoms with Gasteiger partial charge in [-0.05, 0) is 48.5 Å². The Balaban J connectivity index is 1.94. The lowest BCUT2D eigenvalue weighted by Gasteiger charge is -2.12. The molecule has 0 radical (unpaired) electrons. The molecule has 23 heavy (non-hydrogen) atoms. The fourth-order valence-corrected chi connectivity index (χ4v) is 2.61. The Morgan fingerprint density at radius 1 is 0.739 bits per heavy atom. The van der Waals surface area contributed by atoms with Crippen LogP contribution in [-0.2, 0) is 0 Å². The minimum Gasteiger partial charge on any atom is -0.465 e. The standard InChI is InChI=1S/C18H22O4S/c1-3-17(19)21-13-5-9-15(10-6-13)23-16-11-7-14(8-12-16)22-18(20)4-2/h5-12,17-20H,3-4H2,1-2H3. The second kappa shape index (κ2) is 8.82. The van der Waals surface area contributed by atoms with E-state index in [9.17, 15) is 10.2 Å². The van der Waals surface area contributed by atoms with E-state index < -0.39 is 12.6 Å². The first-order chi connectivity index (χ1) is 11.1. The first-order valence-electron chi connectivity index (χ1n) is 7.68. The summed E-state index contributed by atoms with van der Waals surface area (Å²) >= 11 is 1.62. The maximum Gasteiger partial charge on any atom is 0.197 e. The van der Waals surface area contributed by atoms with Crippen molar-refractivity contribution in [3.63, 3.8) is 0 Å². The lowest BCUT2D eigenvalue weighted by molar-refractivity contribution is -0.0196. The molecular weight excluding hydrogens is 312 g/mol. The third kappa shape index (κ3) is 5.78. The predicted octanol–water partition coefficient (Wildman–Crippen LogP) is 4.05. The average Bonchev–Trinajstić information content (AvgIpc) is 2.58. The fourth-order valence-electron chi connectivity index (χ4n) is 1.79. The van der Waals surface area contributed by atoms with E-state index in [0.29, 0.717) is 24.3 Å². The average molecular weight is 334 g/mol. The molecule has 0 aliphatic heterocycles. The molecule has 0 fully saturated rings. The molecule has 2 atom stereocenters. The van der Waals surface area contributed by atoms with Crippen LogP contribution in [0.1, 0.15) is 26.7 Å². The molecule has 0 saturated carbocycles. The van der Waals surface area contributed by atoms with Crippen molar-refractivity contribution in [2.24, 2.45) is 0 Å². The molecule has 0 spiro atoms. The molecule has 5 heteroatoms. The van der Waals surface area contributed by atoms with Crippen molar-refractivity contribution in [1.29, 1.82) is 0 Å². The minimum absolute atomic E-state index is 0.553. The summed E-state index contributed by atoms with van der Waals surface area (Å²) in [6, 6.07) is 15.2. The molecule has 0 aliphatic carbocycles. The number of aliphatic hydroxyl groups is 2. The van der Waals surface area contributed by atoms with Crippen LogP contribution in [-0.4, -0.2) is 22.8 Å². The molecule has 0 aromatic heterocycles. The highest BCUT2D eigenvalue weighted by atomic mass is 32.2. The smallest absolute Gasteiger partial charge is 0.197 e. The van der Waals surface area contributed by atoms with E-state index in [-0.39, 0.29) is 0 Å². The molecule has 2 rings (SSSR count). The summed E-state index contributed by atoms with van der Waals surface area (Å²) < 4.78 is 10.7. The van der Waals surface area contributed by atoms with Crippen LogP contribution in [0.15, 0.2) is 58.3 Å². The zero-order valence-electron chi connectivity index (χ0n) is 13.3. The zero-order valence-corrected chi connectivity index (χ0v) is 14.1. The highest BCUT2D eigenvalue weighted by Crippen LogP contribution is 2.30. The second-order valence-corrected chi connectivity index (χ2v) is 6.15. The Bertz CT molecular complexity index is 529. The maximum absolute atomic E-state index is 9.46. The molecule has 2 aromatic carbocycles. The van der Waals surface area contributed by atoms with Crippen molar-refractivity contribution in [3.05, 3.63) is 48.5 Å². The van der Waals surface area contributed by atoms with E-state index in [2.05, 4.69) is 0 Å². The van der Waals surface area contributed by atoms with Gasteiger partial charge in [0.25, 0.3) is 0 Å². The summed E-state index contributed by atoms with van der Waals surface area (Å²) in [6.07, 6.45) is -0.422. The third-order valence-electron chi connectivity index (χ3n) is 3.13. The van der Waals surface area contributed by atoms with Gasteiger partial charge in [-0.25, -0.2) is 0 Å². The van der Waals surface area contributed by atoms with Gasteiger partial charge in [0, 0.05) is 22.6 Å². The van der Waals surface area contributed by atoms with E-state index in [0.717, 1.165) is 9.79 Å². The fraction of sp³-hybridized carbons (Fsp3) is 0.333. The van der Waals surface area contributed by atoms with Crippen LogP contribution >= 0.6 is 11.8 Å². The molecule has 0 heterocycles. The Kier molecular flexibility index (Phi) is 6.77. The number of hydrogen-bond acceptors (Lipinski definition) is 5. The summed E-state index contributed by atoms with van der Waals surface area (Å²) in [5.74, 6) is 1.31. The van der Waals surface area contributed by atoms with E-state index in [1.165, 1.54) is 0 Å². The third-order valence-corrected chi connectivity index (χ3v) is 4.14. The van der Waals surface area contributed by atoms with Gasteiger partial charge in [0.1, 0.15) is 11.5 Å². The summed E-state index contributed by atoms with van der Waals surface area (Å²) in [5.41, 5.74) is 0. The normalized spacial score (nSPS) is 13.4. The highest BCUT2D eigenvalue weighted by Gasteiger charge is 2.05. The van der Waals surface area contributed by atoms with E-state index in [4.69, 9.17) is 9.47 Å². The monoisotopic (exact) mass is 334 g/mol. The van der Waals surface area contributed by atoms with E-state index in [1.807, 2.05) is 62.4 Å². The van der Waals surface area contributed by atoms with Gasteiger partial charge in [-0.3, -0.25) is 0 Å². The van der Waals surface area contributed by atoms with Gasteiger partial charge in [-0.2, -0.15) is 0 Å². The highest BCUT2D eigenvalue weighted by molar-refractivity contribution is 7.99. The summed E-state index contributed by atoms with van der Waals surface area (Å²) in [6.45, 7) is 3.73. The van der Waals surface area contributed by atoms with Crippen LogP contribution in [0.3, 0.4) is 0 Å². The van der Waals surface area contributed by atoms with Crippen molar-refractivity contribution in [1.82, 2.24) is 0 Å². The topological polar surface area (TPSA) is 58.9 Å². The van der Waals surface area contributed by atoms with Crippen LogP contribution < -0.4 is 9.47 Å². The summed E-state index contributed by atoms with van der Waals surface area (Å²) in [4.78, 5) is 2.15. The number of rotatable bonds is 8. The zero-order chi connectivity index (χ0) is 16.7. The Morgan fingerprint density at radius 3 is 1.39 bits per heavy atom. The van der Waals surface area contributed by atoms with Crippen LogP contribution in [0.5, 0.6) is 11.5 Å². The second-order valence-electron chi connectivity index (χ2n) is 5.01. The molecule has 0 bridgehead atoms. The number of benzene rings is 2. The summed E-state index contributed by atoms with van der Waals surface area (Å²) in [5, 5.41) is 18.9. The molecule has 0 aliphatic rings. The van der Waals surface area contributed by atoms with Gasteiger partial charge < -0.3 is 19.7 Å². The lowest BCUT2D eigenvalue weighted by atomic mass is 10.3. The molecule has 124 valence electrons. The Morgan fingerprint density at radius 2 is 1.09 bits per heavy atom. The van der Waals surface area contributed by atoms with Gasteiger partial charge >= 0.3 is 0 Å². The molecule has 4 nitrogen and oxygen atoms in total. The van der Waals surface area contributed by atoms with Gasteiger partial charge in [0.05, 0.1) is 0 Å². The van der Waals surface area contributed by atoms with Crippen LogP contribution in [0, 0.1) is 0 Å². The van der Waals surface area contributed by atoms with Gasteiger partial charge in [-0.1, -0.05) is 25.6 Å². The first kappa shape index (κ1) is 17.7. The quantitative estimate of drug-likeness (QED) is 0.713. The number of hydrogen-bond donors (Lipinski definition) is 2. The van der Waals surface area contributed by atoms with Crippen molar-refractivity contribution < 1.29 is 19.7 Å². The van der Waals surface area contributed by atoms with E-state index >= 15 is 0 Å². The Labute approximate surface area is 141 Å². The summed E-state index contributed by atoms with van der Waals surface area (Å²) in [7, 11) is 0. The number of ether oxygens (including phenoxy) is 2. The van der Waals surface area contributed by atoms with Crippen molar-refractivity contribution >= 4 is 11.8 Å². The van der Waals surface area contributed by atoms with Crippen LogP contribution in [0.4, 0.5) is 0 Å². The minimum atomic E-state index is -0.764. The molecule has 0 saturated heterocycles. The SMILES string of the molecule is CCC(O)Oc1ccc(Sc2ccc(OC(O)CC)cc2)cc1. The van der Waals surface area contributed by atoms with Crippen molar-refractivity contribution in [2.75, 3.05) is 0 Å².